The van der Waals surface area contributed by atoms with Gasteiger partial charge in [-0.15, -0.1) is 0 Å². The van der Waals surface area contributed by atoms with E-state index in [4.69, 9.17) is 5.73 Å². The molecule has 0 unspecified atom stereocenters. The van der Waals surface area contributed by atoms with Crippen molar-refractivity contribution in [1.29, 1.82) is 0 Å². The zero-order valence-corrected chi connectivity index (χ0v) is 11.1. The summed E-state index contributed by atoms with van der Waals surface area (Å²) < 4.78 is 4.17. The summed E-state index contributed by atoms with van der Waals surface area (Å²) in [5.41, 5.74) is 9.18. The van der Waals surface area contributed by atoms with Crippen molar-refractivity contribution < 1.29 is 0 Å². The van der Waals surface area contributed by atoms with Crippen molar-refractivity contribution in [2.24, 2.45) is 12.8 Å². The molecule has 19 heavy (non-hydrogen) atoms. The minimum atomic E-state index is 0.674. The number of nitrogens with zero attached hydrogens (tertiary/aromatic N) is 3. The van der Waals surface area contributed by atoms with Crippen molar-refractivity contribution in [2.45, 2.75) is 13.0 Å². The third-order valence-corrected chi connectivity index (χ3v) is 3.48. The summed E-state index contributed by atoms with van der Waals surface area (Å²) in [6.45, 7) is 1.47. The number of hydrogen-bond acceptors (Lipinski definition) is 2. The van der Waals surface area contributed by atoms with Gasteiger partial charge in [0.25, 0.3) is 0 Å². The number of nitrogens with two attached hydrogens (primary N) is 1. The summed E-state index contributed by atoms with van der Waals surface area (Å²) in [6, 6.07) is 12.5. The molecule has 0 bridgehead atoms. The van der Waals surface area contributed by atoms with Crippen LogP contribution in [0.1, 0.15) is 11.4 Å². The molecule has 2 N–H and O–H groups in total. The second kappa shape index (κ2) is 4.90. The highest BCUT2D eigenvalue weighted by atomic mass is 15.3. The summed E-state index contributed by atoms with van der Waals surface area (Å²) >= 11 is 0. The van der Waals surface area contributed by atoms with Gasteiger partial charge in [-0.1, -0.05) is 18.2 Å². The van der Waals surface area contributed by atoms with Gasteiger partial charge in [0.2, 0.25) is 0 Å². The van der Waals surface area contributed by atoms with E-state index in [-0.39, 0.29) is 0 Å². The quantitative estimate of drug-likeness (QED) is 0.773. The van der Waals surface area contributed by atoms with E-state index in [1.807, 2.05) is 17.8 Å². The molecule has 0 spiro atoms. The molecule has 4 heteroatoms. The maximum atomic E-state index is 5.64. The number of hydrogen-bond donors (Lipinski definition) is 1. The molecule has 2 heterocycles. The van der Waals surface area contributed by atoms with Crippen LogP contribution in [0.15, 0.2) is 42.6 Å². The van der Waals surface area contributed by atoms with Crippen molar-refractivity contribution in [1.82, 2.24) is 14.3 Å². The zero-order chi connectivity index (χ0) is 13.2. The highest BCUT2D eigenvalue weighted by Gasteiger charge is 2.09. The van der Waals surface area contributed by atoms with Crippen molar-refractivity contribution in [3.8, 4) is 0 Å². The Labute approximate surface area is 112 Å². The lowest BCUT2D eigenvalue weighted by molar-refractivity contribution is 0.693. The topological polar surface area (TPSA) is 48.8 Å². The van der Waals surface area contributed by atoms with Crippen LogP contribution in [-0.4, -0.2) is 20.9 Å². The van der Waals surface area contributed by atoms with Gasteiger partial charge in [-0.3, -0.25) is 4.68 Å². The lowest BCUT2D eigenvalue weighted by Crippen LogP contribution is -2.09. The average molecular weight is 254 g/mol. The van der Waals surface area contributed by atoms with E-state index in [2.05, 4.69) is 46.2 Å². The highest BCUT2D eigenvalue weighted by Crippen LogP contribution is 2.19. The molecule has 1 aromatic carbocycles. The van der Waals surface area contributed by atoms with Gasteiger partial charge in [0.1, 0.15) is 0 Å². The standard InChI is InChI=1S/C15H18N4/c1-18-15-7-3-2-6-13(15)14(17-18)11-19-10-4-5-12(19)8-9-16/h2-7,10H,8-9,11,16H2,1H3. The molecule has 3 rings (SSSR count). The fraction of sp³-hybridized carbons (Fsp3) is 0.267. The van der Waals surface area contributed by atoms with Crippen LogP contribution in [-0.2, 0) is 20.0 Å². The van der Waals surface area contributed by atoms with Gasteiger partial charge in [-0.2, -0.15) is 5.10 Å². The first-order valence-corrected chi connectivity index (χ1v) is 6.54. The summed E-state index contributed by atoms with van der Waals surface area (Å²) in [6.07, 6.45) is 2.99. The highest BCUT2D eigenvalue weighted by molar-refractivity contribution is 5.81. The first-order valence-electron chi connectivity index (χ1n) is 6.54. The van der Waals surface area contributed by atoms with Gasteiger partial charge < -0.3 is 10.3 Å². The third-order valence-electron chi connectivity index (χ3n) is 3.48. The van der Waals surface area contributed by atoms with Gasteiger partial charge in [0.05, 0.1) is 17.8 Å². The molecule has 0 saturated carbocycles. The largest absolute Gasteiger partial charge is 0.345 e. The van der Waals surface area contributed by atoms with Crippen LogP contribution in [0.4, 0.5) is 0 Å². The van der Waals surface area contributed by atoms with E-state index in [1.165, 1.54) is 16.6 Å². The van der Waals surface area contributed by atoms with E-state index in [9.17, 15) is 0 Å². The van der Waals surface area contributed by atoms with Crippen molar-refractivity contribution in [3.63, 3.8) is 0 Å². The molecular weight excluding hydrogens is 236 g/mol. The summed E-state index contributed by atoms with van der Waals surface area (Å²) in [5, 5.41) is 5.85. The number of aryl methyl sites for hydroxylation is 1. The average Bonchev–Trinajstić information content (AvgIpc) is 2.98. The van der Waals surface area contributed by atoms with E-state index < -0.39 is 0 Å². The van der Waals surface area contributed by atoms with Crippen LogP contribution in [0.5, 0.6) is 0 Å². The van der Waals surface area contributed by atoms with Crippen LogP contribution in [0, 0.1) is 0 Å². The first kappa shape index (κ1) is 12.0. The maximum Gasteiger partial charge on any atom is 0.0900 e. The number of aromatic nitrogens is 3. The van der Waals surface area contributed by atoms with Crippen molar-refractivity contribution >= 4 is 10.9 Å². The number of para-hydroxylation sites is 1. The predicted octanol–water partition coefficient (Wildman–Crippen LogP) is 1.92. The van der Waals surface area contributed by atoms with Crippen molar-refractivity contribution in [2.75, 3.05) is 6.54 Å². The Morgan fingerprint density at radius 3 is 2.84 bits per heavy atom. The minimum Gasteiger partial charge on any atom is -0.345 e. The molecule has 0 aliphatic rings. The maximum absolute atomic E-state index is 5.64. The number of fused-ring (bicyclic) bond motifs is 1. The molecule has 2 aromatic heterocycles. The van der Waals surface area contributed by atoms with E-state index in [0.29, 0.717) is 6.54 Å². The third kappa shape index (κ3) is 2.15. The monoisotopic (exact) mass is 254 g/mol. The summed E-state index contributed by atoms with van der Waals surface area (Å²) in [7, 11) is 1.99. The lowest BCUT2D eigenvalue weighted by atomic mass is 10.2. The molecule has 0 radical (unpaired) electrons. The molecule has 0 fully saturated rings. The second-order valence-electron chi connectivity index (χ2n) is 4.75. The molecule has 0 atom stereocenters. The zero-order valence-electron chi connectivity index (χ0n) is 11.1. The Kier molecular flexibility index (Phi) is 3.09. The van der Waals surface area contributed by atoms with Crippen molar-refractivity contribution in [3.05, 3.63) is 54.0 Å². The van der Waals surface area contributed by atoms with Gasteiger partial charge in [-0.05, 0) is 31.2 Å². The molecule has 0 aliphatic heterocycles. The lowest BCUT2D eigenvalue weighted by Gasteiger charge is -2.06. The van der Waals surface area contributed by atoms with E-state index >= 15 is 0 Å². The van der Waals surface area contributed by atoms with Gasteiger partial charge >= 0.3 is 0 Å². The molecule has 0 aliphatic carbocycles. The molecule has 3 aromatic rings. The Bertz CT molecular complexity index is 693. The predicted molar refractivity (Wildman–Crippen MR) is 77.0 cm³/mol. The molecule has 0 amide bonds. The molecule has 98 valence electrons. The van der Waals surface area contributed by atoms with E-state index in [0.717, 1.165) is 18.7 Å². The fourth-order valence-electron chi connectivity index (χ4n) is 2.55. The minimum absolute atomic E-state index is 0.674. The smallest absolute Gasteiger partial charge is 0.0900 e. The SMILES string of the molecule is Cn1nc(Cn2cccc2CCN)c2ccccc21. The second-order valence-corrected chi connectivity index (χ2v) is 4.75. The first-order chi connectivity index (χ1) is 9.29. The molecular formula is C15H18N4. The van der Waals surface area contributed by atoms with Crippen LogP contribution < -0.4 is 5.73 Å². The Morgan fingerprint density at radius 1 is 1.16 bits per heavy atom. The Hall–Kier alpha value is -2.07. The Morgan fingerprint density at radius 2 is 2.00 bits per heavy atom. The molecule has 4 nitrogen and oxygen atoms in total. The van der Waals surface area contributed by atoms with Gasteiger partial charge in [-0.25, -0.2) is 0 Å². The Balaban J connectivity index is 1.99. The summed E-state index contributed by atoms with van der Waals surface area (Å²) in [5.74, 6) is 0. The van der Waals surface area contributed by atoms with Gasteiger partial charge in [0, 0.05) is 24.3 Å². The fourth-order valence-corrected chi connectivity index (χ4v) is 2.55. The summed E-state index contributed by atoms with van der Waals surface area (Å²) in [4.78, 5) is 0. The number of benzene rings is 1. The molecule has 0 saturated heterocycles. The van der Waals surface area contributed by atoms with Gasteiger partial charge in [0.15, 0.2) is 0 Å². The van der Waals surface area contributed by atoms with Crippen LogP contribution in [0.2, 0.25) is 0 Å². The van der Waals surface area contributed by atoms with Crippen LogP contribution >= 0.6 is 0 Å². The van der Waals surface area contributed by atoms with Crippen LogP contribution in [0.3, 0.4) is 0 Å². The van der Waals surface area contributed by atoms with E-state index in [1.54, 1.807) is 0 Å². The number of rotatable bonds is 4. The van der Waals surface area contributed by atoms with Crippen LogP contribution in [0.25, 0.3) is 10.9 Å². The normalized spacial score (nSPS) is 11.3.